The van der Waals surface area contributed by atoms with Crippen molar-refractivity contribution in [1.82, 2.24) is 20.2 Å². The van der Waals surface area contributed by atoms with Crippen molar-refractivity contribution in [3.05, 3.63) is 30.0 Å². The number of fused-ring (bicyclic) bond motifs is 1. The average Bonchev–Trinajstić information content (AvgIpc) is 2.94. The molecule has 38 heavy (non-hydrogen) atoms. The van der Waals surface area contributed by atoms with Gasteiger partial charge < -0.3 is 30.1 Å². The average molecular weight is 544 g/mol. The molecule has 3 heterocycles. The van der Waals surface area contributed by atoms with Crippen LogP contribution in [0.4, 0.5) is 23.1 Å². The molecule has 2 aliphatic rings. The van der Waals surface area contributed by atoms with E-state index in [1.165, 1.54) is 7.11 Å². The van der Waals surface area contributed by atoms with E-state index in [0.29, 0.717) is 73.4 Å². The number of anilines is 4. The Morgan fingerprint density at radius 2 is 1.95 bits per heavy atom. The SMILES string of the molecule is CCNC(=O)c1ccc(Nc2ncc3c(n2)N(C2CCN(C(=O)CCl)CC2)[C@H](CC)C(=O)N3C)c(OC)c1. The smallest absolute Gasteiger partial charge is 0.251 e. The number of halogens is 1. The number of benzene rings is 1. The van der Waals surface area contributed by atoms with Gasteiger partial charge >= 0.3 is 0 Å². The Morgan fingerprint density at radius 3 is 2.58 bits per heavy atom. The van der Waals surface area contributed by atoms with Gasteiger partial charge in [0.25, 0.3) is 5.91 Å². The maximum absolute atomic E-state index is 13.3. The predicted octanol–water partition coefficient (Wildman–Crippen LogP) is 2.77. The number of hydrogen-bond donors (Lipinski definition) is 2. The summed E-state index contributed by atoms with van der Waals surface area (Å²) in [6, 6.07) is 4.77. The number of amides is 3. The summed E-state index contributed by atoms with van der Waals surface area (Å²) in [6.07, 6.45) is 3.67. The first-order chi connectivity index (χ1) is 18.3. The quantitative estimate of drug-likeness (QED) is 0.488. The Kier molecular flexibility index (Phi) is 8.55. The molecule has 3 amide bonds. The van der Waals surface area contributed by atoms with Crippen LogP contribution in [-0.4, -0.2) is 84.3 Å². The van der Waals surface area contributed by atoms with Crippen LogP contribution in [0, 0.1) is 0 Å². The fourth-order valence-corrected chi connectivity index (χ4v) is 5.23. The molecular weight excluding hydrogens is 510 g/mol. The third-order valence-corrected chi connectivity index (χ3v) is 7.30. The molecule has 0 aliphatic carbocycles. The highest BCUT2D eigenvalue weighted by molar-refractivity contribution is 6.27. The van der Waals surface area contributed by atoms with Gasteiger partial charge in [-0.1, -0.05) is 6.92 Å². The van der Waals surface area contributed by atoms with Crippen LogP contribution >= 0.6 is 11.6 Å². The number of rotatable bonds is 8. The Labute approximate surface area is 227 Å². The van der Waals surface area contributed by atoms with E-state index < -0.39 is 0 Å². The highest BCUT2D eigenvalue weighted by atomic mass is 35.5. The summed E-state index contributed by atoms with van der Waals surface area (Å²) in [5, 5.41) is 5.98. The number of ether oxygens (including phenoxy) is 1. The number of nitrogens with zero attached hydrogens (tertiary/aromatic N) is 5. The molecule has 4 rings (SSSR count). The molecule has 11 nitrogen and oxygen atoms in total. The van der Waals surface area contributed by atoms with Gasteiger partial charge in [-0.2, -0.15) is 4.98 Å². The summed E-state index contributed by atoms with van der Waals surface area (Å²) < 4.78 is 5.52. The zero-order valence-electron chi connectivity index (χ0n) is 22.2. The van der Waals surface area contributed by atoms with Gasteiger partial charge in [-0.25, -0.2) is 4.98 Å². The van der Waals surface area contributed by atoms with Gasteiger partial charge in [0.05, 0.1) is 19.0 Å². The highest BCUT2D eigenvalue weighted by Crippen LogP contribution is 2.39. The topological polar surface area (TPSA) is 120 Å². The number of hydrogen-bond acceptors (Lipinski definition) is 8. The number of likely N-dealkylation sites (N-methyl/N-ethyl adjacent to an activating group) is 1. The van der Waals surface area contributed by atoms with E-state index >= 15 is 0 Å². The Balaban J connectivity index is 1.65. The van der Waals surface area contributed by atoms with E-state index in [4.69, 9.17) is 21.3 Å². The normalized spacial score (nSPS) is 17.8. The molecule has 2 N–H and O–H groups in total. The number of alkyl halides is 1. The molecule has 2 aliphatic heterocycles. The van der Waals surface area contributed by atoms with Crippen molar-refractivity contribution in [1.29, 1.82) is 0 Å². The molecule has 0 bridgehead atoms. The number of likely N-dealkylation sites (tertiary alicyclic amines) is 1. The molecule has 0 unspecified atom stereocenters. The second-order valence-corrected chi connectivity index (χ2v) is 9.54. The predicted molar refractivity (Wildman–Crippen MR) is 147 cm³/mol. The van der Waals surface area contributed by atoms with Crippen molar-refractivity contribution in [3.63, 3.8) is 0 Å². The molecule has 1 aromatic carbocycles. The van der Waals surface area contributed by atoms with E-state index in [9.17, 15) is 14.4 Å². The molecule has 0 radical (unpaired) electrons. The van der Waals surface area contributed by atoms with Crippen LogP contribution in [0.2, 0.25) is 0 Å². The number of methoxy groups -OCH3 is 1. The number of piperidine rings is 1. The van der Waals surface area contributed by atoms with Crippen LogP contribution in [-0.2, 0) is 9.59 Å². The van der Waals surface area contributed by atoms with E-state index in [2.05, 4.69) is 20.5 Å². The number of carbonyl (C=O) groups is 3. The molecule has 204 valence electrons. The maximum Gasteiger partial charge on any atom is 0.251 e. The third-order valence-electron chi connectivity index (χ3n) is 7.07. The summed E-state index contributed by atoms with van der Waals surface area (Å²) >= 11 is 5.76. The zero-order valence-corrected chi connectivity index (χ0v) is 22.9. The van der Waals surface area contributed by atoms with Crippen molar-refractivity contribution in [2.45, 2.75) is 45.2 Å². The lowest BCUT2D eigenvalue weighted by Crippen LogP contribution is -2.58. The van der Waals surface area contributed by atoms with Gasteiger partial charge in [-0.15, -0.1) is 11.6 Å². The van der Waals surface area contributed by atoms with Crippen molar-refractivity contribution < 1.29 is 19.1 Å². The van der Waals surface area contributed by atoms with Gasteiger partial charge in [0, 0.05) is 38.3 Å². The second kappa shape index (κ2) is 11.8. The summed E-state index contributed by atoms with van der Waals surface area (Å²) in [6.45, 7) is 5.53. The second-order valence-electron chi connectivity index (χ2n) is 9.28. The van der Waals surface area contributed by atoms with Crippen LogP contribution < -0.4 is 25.2 Å². The van der Waals surface area contributed by atoms with Crippen LogP contribution in [0.25, 0.3) is 0 Å². The molecule has 1 aromatic heterocycles. The first kappa shape index (κ1) is 27.4. The van der Waals surface area contributed by atoms with E-state index in [1.807, 2.05) is 13.8 Å². The molecule has 0 spiro atoms. The lowest BCUT2D eigenvalue weighted by Gasteiger charge is -2.46. The Morgan fingerprint density at radius 1 is 1.21 bits per heavy atom. The summed E-state index contributed by atoms with van der Waals surface area (Å²) in [4.78, 5) is 52.4. The van der Waals surface area contributed by atoms with E-state index in [-0.39, 0.29) is 35.7 Å². The number of nitrogens with one attached hydrogen (secondary N) is 2. The summed E-state index contributed by atoms with van der Waals surface area (Å²) in [5.41, 5.74) is 1.71. The summed E-state index contributed by atoms with van der Waals surface area (Å²) in [7, 11) is 3.27. The van der Waals surface area contributed by atoms with Crippen molar-refractivity contribution >= 4 is 52.5 Å². The molecule has 12 heteroatoms. The fraction of sp³-hybridized carbons (Fsp3) is 0.500. The van der Waals surface area contributed by atoms with Crippen LogP contribution in [0.1, 0.15) is 43.5 Å². The van der Waals surface area contributed by atoms with Gasteiger partial charge in [0.2, 0.25) is 17.8 Å². The summed E-state index contributed by atoms with van der Waals surface area (Å²) in [5.74, 6) is 1.17. The first-order valence-corrected chi connectivity index (χ1v) is 13.4. The van der Waals surface area contributed by atoms with Gasteiger partial charge in [0.15, 0.2) is 5.82 Å². The third kappa shape index (κ3) is 5.33. The fourth-order valence-electron chi connectivity index (χ4n) is 5.06. The van der Waals surface area contributed by atoms with Crippen LogP contribution in [0.5, 0.6) is 5.75 Å². The van der Waals surface area contributed by atoms with Gasteiger partial charge in [-0.3, -0.25) is 14.4 Å². The number of aromatic nitrogens is 2. The molecule has 2 aromatic rings. The highest BCUT2D eigenvalue weighted by Gasteiger charge is 2.41. The number of carbonyl (C=O) groups excluding carboxylic acids is 3. The Hall–Kier alpha value is -3.60. The standard InChI is InChI=1S/C26H34ClN7O4/c1-5-19-25(37)32(3)20-15-29-26(30-18-8-7-16(13-21(18)38-4)24(36)28-6-2)31-23(20)34(19)17-9-11-33(12-10-17)22(35)14-27/h7-8,13,15,17,19H,5-6,9-12,14H2,1-4H3,(H,28,36)(H,29,30,31)/t19-/m1/s1. The van der Waals surface area contributed by atoms with Crippen LogP contribution in [0.3, 0.4) is 0 Å². The van der Waals surface area contributed by atoms with E-state index in [0.717, 1.165) is 0 Å². The zero-order chi connectivity index (χ0) is 27.4. The first-order valence-electron chi connectivity index (χ1n) is 12.8. The Bertz CT molecular complexity index is 1200. The molecule has 0 saturated carbocycles. The minimum atomic E-state index is -0.374. The molecule has 1 fully saturated rings. The maximum atomic E-state index is 13.3. The van der Waals surface area contributed by atoms with E-state index in [1.54, 1.807) is 41.2 Å². The molecule has 1 atom stereocenters. The lowest BCUT2D eigenvalue weighted by molar-refractivity contribution is -0.129. The van der Waals surface area contributed by atoms with Crippen molar-refractivity contribution in [3.8, 4) is 5.75 Å². The van der Waals surface area contributed by atoms with Gasteiger partial charge in [0.1, 0.15) is 23.4 Å². The van der Waals surface area contributed by atoms with Crippen molar-refractivity contribution in [2.75, 3.05) is 54.8 Å². The minimum absolute atomic E-state index is 0.00816. The lowest BCUT2D eigenvalue weighted by atomic mass is 9.97. The molecule has 1 saturated heterocycles. The van der Waals surface area contributed by atoms with Gasteiger partial charge in [-0.05, 0) is 44.4 Å². The molecular formula is C26H34ClN7O4. The van der Waals surface area contributed by atoms with Crippen molar-refractivity contribution in [2.24, 2.45) is 0 Å². The monoisotopic (exact) mass is 543 g/mol. The van der Waals surface area contributed by atoms with Crippen LogP contribution in [0.15, 0.2) is 24.4 Å². The minimum Gasteiger partial charge on any atom is -0.495 e. The largest absolute Gasteiger partial charge is 0.495 e.